The van der Waals surface area contributed by atoms with Crippen LogP contribution in [0.2, 0.25) is 10.0 Å². The van der Waals surface area contributed by atoms with E-state index in [1.165, 1.54) is 0 Å². The molecule has 4 amide bonds. The first-order valence-corrected chi connectivity index (χ1v) is 9.87. The van der Waals surface area contributed by atoms with Crippen LogP contribution >= 0.6 is 23.2 Å². The number of hydrogen-bond donors (Lipinski definition) is 2. The fourth-order valence-corrected chi connectivity index (χ4v) is 3.50. The molecule has 8 heteroatoms. The quantitative estimate of drug-likeness (QED) is 0.475. The highest BCUT2D eigenvalue weighted by Crippen LogP contribution is 2.24. The van der Waals surface area contributed by atoms with Crippen molar-refractivity contribution in [2.75, 3.05) is 6.54 Å². The van der Waals surface area contributed by atoms with E-state index in [2.05, 4.69) is 17.6 Å². The zero-order valence-electron chi connectivity index (χ0n) is 15.6. The molecular weight excluding hydrogens is 389 g/mol. The SMILES string of the molecule is CCCCCC[C@]1(C)NC(=O)N(CC(=O)NCc2ccc(Cl)cc2Cl)C1=O. The summed E-state index contributed by atoms with van der Waals surface area (Å²) in [7, 11) is 0. The second kappa shape index (κ2) is 9.42. The summed E-state index contributed by atoms with van der Waals surface area (Å²) in [5.41, 5.74) is -0.239. The van der Waals surface area contributed by atoms with Gasteiger partial charge in [0, 0.05) is 16.6 Å². The van der Waals surface area contributed by atoms with E-state index < -0.39 is 17.5 Å². The molecule has 0 saturated carbocycles. The molecule has 0 radical (unpaired) electrons. The monoisotopic (exact) mass is 413 g/mol. The summed E-state index contributed by atoms with van der Waals surface area (Å²) in [4.78, 5) is 38.0. The lowest BCUT2D eigenvalue weighted by Crippen LogP contribution is -2.45. The Morgan fingerprint density at radius 2 is 1.96 bits per heavy atom. The van der Waals surface area contributed by atoms with Gasteiger partial charge in [-0.05, 0) is 31.0 Å². The second-order valence-corrected chi connectivity index (χ2v) is 7.82. The van der Waals surface area contributed by atoms with Gasteiger partial charge in [-0.1, -0.05) is 61.9 Å². The van der Waals surface area contributed by atoms with Crippen molar-refractivity contribution in [1.29, 1.82) is 0 Å². The largest absolute Gasteiger partial charge is 0.350 e. The number of carbonyl (C=O) groups is 3. The molecule has 1 aliphatic rings. The zero-order chi connectivity index (χ0) is 20.0. The summed E-state index contributed by atoms with van der Waals surface area (Å²) >= 11 is 11.9. The van der Waals surface area contributed by atoms with Crippen LogP contribution in [0.15, 0.2) is 18.2 Å². The van der Waals surface area contributed by atoms with Crippen molar-refractivity contribution in [2.24, 2.45) is 0 Å². The Morgan fingerprint density at radius 3 is 2.63 bits per heavy atom. The lowest BCUT2D eigenvalue weighted by molar-refractivity contribution is -0.134. The summed E-state index contributed by atoms with van der Waals surface area (Å²) in [6.45, 7) is 3.69. The van der Waals surface area contributed by atoms with Crippen LogP contribution in [-0.2, 0) is 16.1 Å². The minimum atomic E-state index is -0.940. The third-order valence-electron chi connectivity index (χ3n) is 4.67. The van der Waals surface area contributed by atoms with Crippen molar-refractivity contribution < 1.29 is 14.4 Å². The smallest absolute Gasteiger partial charge is 0.325 e. The molecule has 1 atom stereocenters. The molecule has 27 heavy (non-hydrogen) atoms. The first-order chi connectivity index (χ1) is 12.8. The number of imide groups is 1. The highest BCUT2D eigenvalue weighted by atomic mass is 35.5. The summed E-state index contributed by atoms with van der Waals surface area (Å²) in [5.74, 6) is -0.788. The molecule has 1 aromatic carbocycles. The molecule has 1 fully saturated rings. The Morgan fingerprint density at radius 1 is 1.22 bits per heavy atom. The van der Waals surface area contributed by atoms with Gasteiger partial charge in [-0.25, -0.2) is 4.79 Å². The molecule has 0 aromatic heterocycles. The van der Waals surface area contributed by atoms with Crippen LogP contribution in [0.5, 0.6) is 0 Å². The first-order valence-electron chi connectivity index (χ1n) is 9.11. The number of nitrogens with one attached hydrogen (secondary N) is 2. The number of unbranched alkanes of at least 4 members (excludes halogenated alkanes) is 3. The van der Waals surface area contributed by atoms with Crippen molar-refractivity contribution in [1.82, 2.24) is 15.5 Å². The van der Waals surface area contributed by atoms with Crippen molar-refractivity contribution in [3.05, 3.63) is 33.8 Å². The van der Waals surface area contributed by atoms with Crippen molar-refractivity contribution in [3.8, 4) is 0 Å². The van der Waals surface area contributed by atoms with E-state index in [1.807, 2.05) is 0 Å². The average molecular weight is 414 g/mol. The molecule has 1 heterocycles. The summed E-state index contributed by atoms with van der Waals surface area (Å²) in [5, 5.41) is 6.35. The highest BCUT2D eigenvalue weighted by Gasteiger charge is 2.47. The number of nitrogens with zero attached hydrogens (tertiary/aromatic N) is 1. The molecule has 148 valence electrons. The minimum Gasteiger partial charge on any atom is -0.350 e. The second-order valence-electron chi connectivity index (χ2n) is 6.98. The minimum absolute atomic E-state index is 0.187. The van der Waals surface area contributed by atoms with Gasteiger partial charge in [0.25, 0.3) is 5.91 Å². The molecule has 0 bridgehead atoms. The van der Waals surface area contributed by atoms with Crippen LogP contribution in [0.4, 0.5) is 4.79 Å². The van der Waals surface area contributed by atoms with E-state index >= 15 is 0 Å². The number of urea groups is 1. The van der Waals surface area contributed by atoms with Crippen molar-refractivity contribution in [2.45, 2.75) is 58.0 Å². The van der Waals surface area contributed by atoms with Gasteiger partial charge in [-0.15, -0.1) is 0 Å². The summed E-state index contributed by atoms with van der Waals surface area (Å²) < 4.78 is 0. The van der Waals surface area contributed by atoms with E-state index in [4.69, 9.17) is 23.2 Å². The first kappa shape index (κ1) is 21.5. The van der Waals surface area contributed by atoms with Gasteiger partial charge in [0.2, 0.25) is 5.91 Å². The molecular formula is C19H25Cl2N3O3. The molecule has 0 unspecified atom stereocenters. The number of hydrogen-bond acceptors (Lipinski definition) is 3. The van der Waals surface area contributed by atoms with E-state index in [0.717, 1.165) is 30.6 Å². The van der Waals surface area contributed by atoms with Gasteiger partial charge in [0.1, 0.15) is 12.1 Å². The van der Waals surface area contributed by atoms with Gasteiger partial charge in [0.15, 0.2) is 0 Å². The molecule has 1 saturated heterocycles. The third-order valence-corrected chi connectivity index (χ3v) is 5.26. The summed E-state index contributed by atoms with van der Waals surface area (Å²) in [6.07, 6.45) is 4.62. The average Bonchev–Trinajstić information content (AvgIpc) is 2.81. The fraction of sp³-hybridized carbons (Fsp3) is 0.526. The molecule has 6 nitrogen and oxygen atoms in total. The standard InChI is InChI=1S/C19H25Cl2N3O3/c1-3-4-5-6-9-19(2)17(26)24(18(27)23-19)12-16(25)22-11-13-7-8-14(20)10-15(13)21/h7-8,10H,3-6,9,11-12H2,1-2H3,(H,22,25)(H,23,27)/t19-/m0/s1. The van der Waals surface area contributed by atoms with Crippen molar-refractivity contribution in [3.63, 3.8) is 0 Å². The summed E-state index contributed by atoms with van der Waals surface area (Å²) in [6, 6.07) is 4.45. The van der Waals surface area contributed by atoms with Crippen LogP contribution in [0.25, 0.3) is 0 Å². The maximum Gasteiger partial charge on any atom is 0.325 e. The van der Waals surface area contributed by atoms with Crippen LogP contribution in [0.1, 0.15) is 51.5 Å². The van der Waals surface area contributed by atoms with Crippen LogP contribution < -0.4 is 10.6 Å². The number of amides is 4. The number of rotatable bonds is 9. The zero-order valence-corrected chi connectivity index (χ0v) is 17.1. The number of halogens is 2. The molecule has 2 rings (SSSR count). The molecule has 0 spiro atoms. The van der Waals surface area contributed by atoms with Gasteiger partial charge >= 0.3 is 6.03 Å². The predicted molar refractivity (Wildman–Crippen MR) is 106 cm³/mol. The van der Waals surface area contributed by atoms with Crippen molar-refractivity contribution >= 4 is 41.0 Å². The van der Waals surface area contributed by atoms with E-state index in [-0.39, 0.29) is 19.0 Å². The molecule has 0 aliphatic carbocycles. The van der Waals surface area contributed by atoms with Gasteiger partial charge in [-0.3, -0.25) is 14.5 Å². The Balaban J connectivity index is 1.89. The Hall–Kier alpha value is -1.79. The Kier molecular flexibility index (Phi) is 7.50. The number of benzene rings is 1. The highest BCUT2D eigenvalue weighted by molar-refractivity contribution is 6.35. The van der Waals surface area contributed by atoms with Gasteiger partial charge < -0.3 is 10.6 Å². The topological polar surface area (TPSA) is 78.5 Å². The van der Waals surface area contributed by atoms with E-state index in [0.29, 0.717) is 22.0 Å². The fourth-order valence-electron chi connectivity index (χ4n) is 3.02. The third kappa shape index (κ3) is 5.59. The van der Waals surface area contributed by atoms with Crippen LogP contribution in [-0.4, -0.2) is 34.8 Å². The lowest BCUT2D eigenvalue weighted by atomic mass is 9.94. The van der Waals surface area contributed by atoms with Gasteiger partial charge in [-0.2, -0.15) is 0 Å². The Bertz CT molecular complexity index is 726. The Labute approximate surface area is 169 Å². The molecule has 1 aromatic rings. The van der Waals surface area contributed by atoms with Crippen LogP contribution in [0.3, 0.4) is 0 Å². The van der Waals surface area contributed by atoms with Crippen LogP contribution in [0, 0.1) is 0 Å². The van der Waals surface area contributed by atoms with Gasteiger partial charge in [0.05, 0.1) is 0 Å². The van der Waals surface area contributed by atoms with E-state index in [1.54, 1.807) is 25.1 Å². The molecule has 2 N–H and O–H groups in total. The number of carbonyl (C=O) groups excluding carboxylic acids is 3. The molecule has 1 aliphatic heterocycles. The lowest BCUT2D eigenvalue weighted by Gasteiger charge is -2.21. The normalized spacial score (nSPS) is 19.3. The maximum absolute atomic E-state index is 12.6. The van der Waals surface area contributed by atoms with E-state index in [9.17, 15) is 14.4 Å². The maximum atomic E-state index is 12.6. The predicted octanol–water partition coefficient (Wildman–Crippen LogP) is 3.89.